The van der Waals surface area contributed by atoms with Crippen molar-refractivity contribution in [2.45, 2.75) is 31.6 Å². The van der Waals surface area contributed by atoms with Gasteiger partial charge >= 0.3 is 0 Å². The first-order valence-corrected chi connectivity index (χ1v) is 9.97. The number of nitrogens with zero attached hydrogens (tertiary/aromatic N) is 1. The summed E-state index contributed by atoms with van der Waals surface area (Å²) >= 11 is 0. The Hall–Kier alpha value is -2.61. The lowest BCUT2D eigenvalue weighted by atomic mass is 10.1. The second kappa shape index (κ2) is 7.33. The summed E-state index contributed by atoms with van der Waals surface area (Å²) in [5.41, 5.74) is 1.72. The van der Waals surface area contributed by atoms with Crippen LogP contribution in [0.25, 0.3) is 0 Å². The highest BCUT2D eigenvalue weighted by molar-refractivity contribution is 7.92. The van der Waals surface area contributed by atoms with E-state index in [2.05, 4.69) is 34.2 Å². The molecule has 0 fully saturated rings. The standard InChI is InChI=1S/C18H22N4O3S/c1-12(2)7-8-19-17-6-3-14(11-20-17)22-26(24,25)15-4-5-16-13(9-15)10-18(23)21-16/h3-6,9,11-12,22H,7-8,10H2,1-2H3,(H,19,20)(H,21,23). The Kier molecular flexibility index (Phi) is 5.13. The van der Waals surface area contributed by atoms with Crippen LogP contribution in [0.1, 0.15) is 25.8 Å². The van der Waals surface area contributed by atoms with Gasteiger partial charge in [-0.05, 0) is 48.2 Å². The minimum atomic E-state index is -3.74. The first-order chi connectivity index (χ1) is 12.3. The smallest absolute Gasteiger partial charge is 0.261 e. The van der Waals surface area contributed by atoms with E-state index >= 15 is 0 Å². The summed E-state index contributed by atoms with van der Waals surface area (Å²) in [5.74, 6) is 1.18. The third-order valence-corrected chi connectivity index (χ3v) is 5.43. The van der Waals surface area contributed by atoms with Gasteiger partial charge in [-0.15, -0.1) is 0 Å². The van der Waals surface area contributed by atoms with Gasteiger partial charge in [-0.2, -0.15) is 0 Å². The fourth-order valence-corrected chi connectivity index (χ4v) is 3.73. The molecule has 0 bridgehead atoms. The molecule has 138 valence electrons. The number of hydrogen-bond acceptors (Lipinski definition) is 5. The van der Waals surface area contributed by atoms with Crippen molar-refractivity contribution in [2.24, 2.45) is 5.92 Å². The molecule has 3 rings (SSSR count). The van der Waals surface area contributed by atoms with Gasteiger partial charge in [-0.1, -0.05) is 13.8 Å². The van der Waals surface area contributed by atoms with Crippen molar-refractivity contribution in [3.63, 3.8) is 0 Å². The SMILES string of the molecule is CC(C)CCNc1ccc(NS(=O)(=O)c2ccc3c(c2)CC(=O)N3)cn1. The summed E-state index contributed by atoms with van der Waals surface area (Å²) in [5, 5.41) is 5.89. The van der Waals surface area contributed by atoms with E-state index in [-0.39, 0.29) is 17.2 Å². The van der Waals surface area contributed by atoms with Crippen LogP contribution in [0.5, 0.6) is 0 Å². The molecule has 0 spiro atoms. The maximum absolute atomic E-state index is 12.6. The van der Waals surface area contributed by atoms with Crippen molar-refractivity contribution in [1.29, 1.82) is 0 Å². The monoisotopic (exact) mass is 374 g/mol. The van der Waals surface area contributed by atoms with E-state index in [9.17, 15) is 13.2 Å². The molecule has 0 saturated carbocycles. The summed E-state index contributed by atoms with van der Waals surface area (Å²) in [7, 11) is -3.74. The zero-order valence-electron chi connectivity index (χ0n) is 14.7. The molecule has 0 radical (unpaired) electrons. The number of anilines is 3. The molecule has 26 heavy (non-hydrogen) atoms. The number of benzene rings is 1. The molecule has 0 aliphatic carbocycles. The molecule has 3 N–H and O–H groups in total. The molecule has 8 heteroatoms. The molecule has 1 aromatic heterocycles. The van der Waals surface area contributed by atoms with Crippen molar-refractivity contribution in [3.05, 3.63) is 42.1 Å². The number of aromatic nitrogens is 1. The molecule has 1 aliphatic heterocycles. The maximum Gasteiger partial charge on any atom is 0.261 e. The number of amides is 1. The zero-order valence-corrected chi connectivity index (χ0v) is 15.6. The van der Waals surface area contributed by atoms with Crippen LogP contribution in [0.4, 0.5) is 17.2 Å². The second-order valence-corrected chi connectivity index (χ2v) is 8.37. The Morgan fingerprint density at radius 3 is 2.73 bits per heavy atom. The fourth-order valence-electron chi connectivity index (χ4n) is 2.63. The van der Waals surface area contributed by atoms with Crippen molar-refractivity contribution in [2.75, 3.05) is 21.9 Å². The van der Waals surface area contributed by atoms with Crippen LogP contribution in [0.3, 0.4) is 0 Å². The Labute approximate surface area is 153 Å². The molecule has 1 amide bonds. The van der Waals surface area contributed by atoms with E-state index in [0.29, 0.717) is 28.7 Å². The summed E-state index contributed by atoms with van der Waals surface area (Å²) in [4.78, 5) is 15.8. The normalized spacial score (nSPS) is 13.4. The van der Waals surface area contributed by atoms with E-state index in [1.54, 1.807) is 18.2 Å². The van der Waals surface area contributed by atoms with Gasteiger partial charge in [0.25, 0.3) is 10.0 Å². The quantitative estimate of drug-likeness (QED) is 0.692. The third kappa shape index (κ3) is 4.32. The average molecular weight is 374 g/mol. The minimum Gasteiger partial charge on any atom is -0.370 e. The molecule has 2 heterocycles. The van der Waals surface area contributed by atoms with Crippen LogP contribution in [0.2, 0.25) is 0 Å². The van der Waals surface area contributed by atoms with E-state index in [0.717, 1.165) is 13.0 Å². The molecular weight excluding hydrogens is 352 g/mol. The molecule has 2 aromatic rings. The number of sulfonamides is 1. The van der Waals surface area contributed by atoms with E-state index in [1.165, 1.54) is 18.3 Å². The van der Waals surface area contributed by atoms with Crippen LogP contribution in [0.15, 0.2) is 41.4 Å². The van der Waals surface area contributed by atoms with Crippen LogP contribution < -0.4 is 15.4 Å². The largest absolute Gasteiger partial charge is 0.370 e. The van der Waals surface area contributed by atoms with Gasteiger partial charge < -0.3 is 10.6 Å². The maximum atomic E-state index is 12.6. The van der Waals surface area contributed by atoms with Crippen molar-refractivity contribution in [3.8, 4) is 0 Å². The second-order valence-electron chi connectivity index (χ2n) is 6.69. The molecule has 0 saturated heterocycles. The number of carbonyl (C=O) groups is 1. The lowest BCUT2D eigenvalue weighted by Crippen LogP contribution is -2.13. The molecule has 0 atom stereocenters. The number of fused-ring (bicyclic) bond motifs is 1. The lowest BCUT2D eigenvalue weighted by Gasteiger charge is -2.11. The van der Waals surface area contributed by atoms with Crippen molar-refractivity contribution >= 4 is 33.1 Å². The third-order valence-electron chi connectivity index (χ3n) is 4.06. The van der Waals surface area contributed by atoms with Gasteiger partial charge in [0, 0.05) is 12.2 Å². The summed E-state index contributed by atoms with van der Waals surface area (Å²) in [6, 6.07) is 8.01. The van der Waals surface area contributed by atoms with E-state index in [1.807, 2.05) is 0 Å². The highest BCUT2D eigenvalue weighted by Crippen LogP contribution is 2.26. The lowest BCUT2D eigenvalue weighted by molar-refractivity contribution is -0.115. The molecule has 1 aliphatic rings. The van der Waals surface area contributed by atoms with Crippen LogP contribution in [0, 0.1) is 5.92 Å². The summed E-state index contributed by atoms with van der Waals surface area (Å²) < 4.78 is 27.6. The van der Waals surface area contributed by atoms with Crippen LogP contribution >= 0.6 is 0 Å². The van der Waals surface area contributed by atoms with E-state index in [4.69, 9.17) is 0 Å². The number of carbonyl (C=O) groups excluding carboxylic acids is 1. The number of pyridine rings is 1. The zero-order chi connectivity index (χ0) is 18.7. The van der Waals surface area contributed by atoms with Gasteiger partial charge in [0.15, 0.2) is 0 Å². The molecule has 0 unspecified atom stereocenters. The molecule has 1 aromatic carbocycles. The highest BCUT2D eigenvalue weighted by Gasteiger charge is 2.22. The van der Waals surface area contributed by atoms with Gasteiger partial charge in [-0.25, -0.2) is 13.4 Å². The van der Waals surface area contributed by atoms with Crippen molar-refractivity contribution in [1.82, 2.24) is 4.98 Å². The molecule has 7 nitrogen and oxygen atoms in total. The van der Waals surface area contributed by atoms with Gasteiger partial charge in [0.1, 0.15) is 5.82 Å². The topological polar surface area (TPSA) is 100 Å². The first-order valence-electron chi connectivity index (χ1n) is 8.49. The fraction of sp³-hybridized carbons (Fsp3) is 0.333. The summed E-state index contributed by atoms with van der Waals surface area (Å²) in [6.07, 6.45) is 2.70. The Balaban J connectivity index is 1.68. The predicted octanol–water partition coefficient (Wildman–Crippen LogP) is 2.84. The van der Waals surface area contributed by atoms with Gasteiger partial charge in [-0.3, -0.25) is 9.52 Å². The summed E-state index contributed by atoms with van der Waals surface area (Å²) in [6.45, 7) is 5.12. The van der Waals surface area contributed by atoms with Crippen LogP contribution in [-0.4, -0.2) is 25.9 Å². The first kappa shape index (κ1) is 18.2. The number of hydrogen-bond donors (Lipinski definition) is 3. The number of nitrogens with one attached hydrogen (secondary N) is 3. The Morgan fingerprint density at radius 1 is 1.23 bits per heavy atom. The average Bonchev–Trinajstić information content (AvgIpc) is 2.95. The number of rotatable bonds is 7. The molecular formula is C18H22N4O3S. The minimum absolute atomic E-state index is 0.117. The highest BCUT2D eigenvalue weighted by atomic mass is 32.2. The Bertz CT molecular complexity index is 909. The predicted molar refractivity (Wildman–Crippen MR) is 102 cm³/mol. The van der Waals surface area contributed by atoms with Gasteiger partial charge in [0.2, 0.25) is 5.91 Å². The Morgan fingerprint density at radius 2 is 2.04 bits per heavy atom. The van der Waals surface area contributed by atoms with Crippen LogP contribution in [-0.2, 0) is 21.2 Å². The van der Waals surface area contributed by atoms with E-state index < -0.39 is 10.0 Å². The van der Waals surface area contributed by atoms with Crippen molar-refractivity contribution < 1.29 is 13.2 Å². The van der Waals surface area contributed by atoms with Gasteiger partial charge in [0.05, 0.1) is 23.2 Å².